The summed E-state index contributed by atoms with van der Waals surface area (Å²) < 4.78 is 14.9. The van der Waals surface area contributed by atoms with Gasteiger partial charge >= 0.3 is 11.9 Å². The lowest BCUT2D eigenvalue weighted by Crippen LogP contribution is -2.16. The molecule has 96 valence electrons. The molecule has 0 saturated heterocycles. The molecule has 0 atom stereocenters. The van der Waals surface area contributed by atoms with Gasteiger partial charge in [-0.15, -0.1) is 0 Å². The maximum Gasteiger partial charge on any atom is 0.344 e. The lowest BCUT2D eigenvalue weighted by molar-refractivity contribution is -0.146. The fourth-order valence-corrected chi connectivity index (χ4v) is 1.72. The van der Waals surface area contributed by atoms with Gasteiger partial charge in [0.15, 0.2) is 6.61 Å². The Morgan fingerprint density at radius 3 is 2.94 bits per heavy atom. The fraction of sp³-hybridized carbons (Fsp3) is 0.385. The summed E-state index contributed by atoms with van der Waals surface area (Å²) in [6.45, 7) is 2.24. The summed E-state index contributed by atoms with van der Waals surface area (Å²) in [5, 5.41) is 0. The van der Waals surface area contributed by atoms with Crippen LogP contribution in [0.2, 0.25) is 0 Å². The van der Waals surface area contributed by atoms with Crippen molar-refractivity contribution < 1.29 is 23.8 Å². The molecule has 0 aliphatic carbocycles. The second-order valence-corrected chi connectivity index (χ2v) is 3.80. The molecule has 1 aromatic carbocycles. The smallest absolute Gasteiger partial charge is 0.344 e. The molecule has 0 amide bonds. The first kappa shape index (κ1) is 12.4. The molecule has 0 fully saturated rings. The van der Waals surface area contributed by atoms with Crippen molar-refractivity contribution in [2.75, 3.05) is 19.8 Å². The van der Waals surface area contributed by atoms with Crippen LogP contribution in [-0.4, -0.2) is 31.8 Å². The molecule has 0 N–H and O–H groups in total. The Bertz CT molecular complexity index is 466. The molecule has 5 heteroatoms. The van der Waals surface area contributed by atoms with Gasteiger partial charge in [0.1, 0.15) is 5.75 Å². The molecule has 0 spiro atoms. The van der Waals surface area contributed by atoms with Gasteiger partial charge in [-0.1, -0.05) is 0 Å². The van der Waals surface area contributed by atoms with Crippen LogP contribution < -0.4 is 4.74 Å². The van der Waals surface area contributed by atoms with E-state index in [4.69, 9.17) is 9.47 Å². The fourth-order valence-electron chi connectivity index (χ4n) is 1.72. The number of carbonyl (C=O) groups excluding carboxylic acids is 2. The minimum absolute atomic E-state index is 0.270. The van der Waals surface area contributed by atoms with Gasteiger partial charge in [0.25, 0.3) is 0 Å². The van der Waals surface area contributed by atoms with E-state index in [1.165, 1.54) is 0 Å². The highest BCUT2D eigenvalue weighted by Gasteiger charge is 2.16. The van der Waals surface area contributed by atoms with E-state index >= 15 is 0 Å². The van der Waals surface area contributed by atoms with Gasteiger partial charge in [-0.05, 0) is 30.7 Å². The van der Waals surface area contributed by atoms with E-state index in [0.717, 1.165) is 17.7 Å². The maximum absolute atomic E-state index is 11.7. The summed E-state index contributed by atoms with van der Waals surface area (Å²) in [6.07, 6.45) is 0.786. The molecule has 0 unspecified atom stereocenters. The highest BCUT2D eigenvalue weighted by molar-refractivity contribution is 5.91. The van der Waals surface area contributed by atoms with E-state index in [1.54, 1.807) is 25.1 Å². The van der Waals surface area contributed by atoms with Gasteiger partial charge in [0.05, 0.1) is 18.8 Å². The van der Waals surface area contributed by atoms with Gasteiger partial charge in [-0.2, -0.15) is 0 Å². The van der Waals surface area contributed by atoms with Crippen molar-refractivity contribution >= 4 is 11.9 Å². The second kappa shape index (κ2) is 5.53. The van der Waals surface area contributed by atoms with Gasteiger partial charge < -0.3 is 14.2 Å². The number of carbonyl (C=O) groups is 2. The molecule has 2 rings (SSSR count). The lowest BCUT2D eigenvalue weighted by Gasteiger charge is -2.05. The summed E-state index contributed by atoms with van der Waals surface area (Å²) >= 11 is 0. The molecule has 5 nitrogen and oxygen atoms in total. The number of fused-ring (bicyclic) bond motifs is 1. The molecule has 0 bridgehead atoms. The van der Waals surface area contributed by atoms with Crippen LogP contribution >= 0.6 is 0 Å². The Hall–Kier alpha value is -2.04. The zero-order valence-electron chi connectivity index (χ0n) is 10.1. The molecular formula is C13H14O5. The zero-order valence-corrected chi connectivity index (χ0v) is 10.1. The summed E-state index contributed by atoms with van der Waals surface area (Å²) in [6, 6.07) is 5.09. The SMILES string of the molecule is CCOC(=O)COC(=O)c1ccc2c(c1)CCO2. The van der Waals surface area contributed by atoms with E-state index in [1.807, 2.05) is 0 Å². The first-order valence-electron chi connectivity index (χ1n) is 5.79. The Morgan fingerprint density at radius 2 is 2.17 bits per heavy atom. The molecule has 0 aromatic heterocycles. The van der Waals surface area contributed by atoms with Crippen LogP contribution in [0.4, 0.5) is 0 Å². The topological polar surface area (TPSA) is 61.8 Å². The molecule has 0 radical (unpaired) electrons. The Balaban J connectivity index is 1.95. The number of rotatable bonds is 4. The van der Waals surface area contributed by atoms with Crippen molar-refractivity contribution in [1.29, 1.82) is 0 Å². The van der Waals surface area contributed by atoms with Crippen LogP contribution in [-0.2, 0) is 20.7 Å². The number of hydrogen-bond acceptors (Lipinski definition) is 5. The van der Waals surface area contributed by atoms with Gasteiger partial charge in [0, 0.05) is 6.42 Å². The third-order valence-corrected chi connectivity index (χ3v) is 2.55. The normalized spacial score (nSPS) is 12.5. The lowest BCUT2D eigenvalue weighted by atomic mass is 10.1. The summed E-state index contributed by atoms with van der Waals surface area (Å²) in [7, 11) is 0. The van der Waals surface area contributed by atoms with Gasteiger partial charge in [-0.3, -0.25) is 0 Å². The van der Waals surface area contributed by atoms with E-state index in [2.05, 4.69) is 4.74 Å². The van der Waals surface area contributed by atoms with Crippen LogP contribution in [0.5, 0.6) is 5.75 Å². The molecule has 1 heterocycles. The number of hydrogen-bond donors (Lipinski definition) is 0. The van der Waals surface area contributed by atoms with Crippen LogP contribution in [0.1, 0.15) is 22.8 Å². The van der Waals surface area contributed by atoms with E-state index in [9.17, 15) is 9.59 Å². The number of esters is 2. The third-order valence-electron chi connectivity index (χ3n) is 2.55. The van der Waals surface area contributed by atoms with E-state index < -0.39 is 11.9 Å². The van der Waals surface area contributed by atoms with Crippen LogP contribution in [0, 0.1) is 0 Å². The third kappa shape index (κ3) is 2.80. The van der Waals surface area contributed by atoms with Crippen LogP contribution in [0.25, 0.3) is 0 Å². The molecule has 0 saturated carbocycles. The van der Waals surface area contributed by atoms with Crippen molar-refractivity contribution in [3.05, 3.63) is 29.3 Å². The van der Waals surface area contributed by atoms with Crippen molar-refractivity contribution in [3.63, 3.8) is 0 Å². The first-order chi connectivity index (χ1) is 8.70. The molecular weight excluding hydrogens is 236 g/mol. The minimum Gasteiger partial charge on any atom is -0.493 e. The largest absolute Gasteiger partial charge is 0.493 e. The maximum atomic E-state index is 11.7. The highest BCUT2D eigenvalue weighted by Crippen LogP contribution is 2.26. The van der Waals surface area contributed by atoms with Crippen molar-refractivity contribution in [2.24, 2.45) is 0 Å². The quantitative estimate of drug-likeness (QED) is 0.755. The predicted octanol–water partition coefficient (Wildman–Crippen LogP) is 1.34. The van der Waals surface area contributed by atoms with Crippen molar-refractivity contribution in [3.8, 4) is 5.75 Å². The Morgan fingerprint density at radius 1 is 1.33 bits per heavy atom. The Labute approximate surface area is 105 Å². The predicted molar refractivity (Wildman–Crippen MR) is 62.6 cm³/mol. The molecule has 1 aromatic rings. The Kier molecular flexibility index (Phi) is 3.82. The monoisotopic (exact) mass is 250 g/mol. The minimum atomic E-state index is -0.546. The average Bonchev–Trinajstić information content (AvgIpc) is 2.83. The van der Waals surface area contributed by atoms with E-state index in [0.29, 0.717) is 12.2 Å². The molecule has 1 aliphatic heterocycles. The average molecular weight is 250 g/mol. The molecule has 18 heavy (non-hydrogen) atoms. The highest BCUT2D eigenvalue weighted by atomic mass is 16.6. The molecule has 1 aliphatic rings. The first-order valence-corrected chi connectivity index (χ1v) is 5.79. The van der Waals surface area contributed by atoms with Crippen molar-refractivity contribution in [2.45, 2.75) is 13.3 Å². The van der Waals surface area contributed by atoms with Crippen LogP contribution in [0.15, 0.2) is 18.2 Å². The van der Waals surface area contributed by atoms with Gasteiger partial charge in [0.2, 0.25) is 0 Å². The standard InChI is InChI=1S/C13H14O5/c1-2-16-12(14)8-18-13(15)10-3-4-11-9(7-10)5-6-17-11/h3-4,7H,2,5-6,8H2,1H3. The summed E-state index contributed by atoms with van der Waals surface area (Å²) in [5.74, 6) is -0.273. The summed E-state index contributed by atoms with van der Waals surface area (Å²) in [4.78, 5) is 22.7. The van der Waals surface area contributed by atoms with Crippen molar-refractivity contribution in [1.82, 2.24) is 0 Å². The van der Waals surface area contributed by atoms with E-state index in [-0.39, 0.29) is 13.2 Å². The number of benzene rings is 1. The number of ether oxygens (including phenoxy) is 3. The van der Waals surface area contributed by atoms with Crippen LogP contribution in [0.3, 0.4) is 0 Å². The zero-order chi connectivity index (χ0) is 13.0. The second-order valence-electron chi connectivity index (χ2n) is 3.80. The van der Waals surface area contributed by atoms with Gasteiger partial charge in [-0.25, -0.2) is 9.59 Å². The summed E-state index contributed by atoms with van der Waals surface area (Å²) in [5.41, 5.74) is 1.41.